The second-order valence-corrected chi connectivity index (χ2v) is 6.27. The fourth-order valence-corrected chi connectivity index (χ4v) is 2.51. The third kappa shape index (κ3) is 3.84. The standard InChI is InChI=1S/C13H18FNO3S/c1-13(2,11(15)12(16)17)19-7-8-5-4-6-9(18-3)10(8)14/h4-6,11H,7,15H2,1-3H3,(H,16,17)/t11-/m1/s1. The Balaban J connectivity index is 2.79. The maximum absolute atomic E-state index is 13.9. The van der Waals surface area contributed by atoms with Crippen molar-refractivity contribution in [2.45, 2.75) is 30.4 Å². The number of methoxy groups -OCH3 is 1. The van der Waals surface area contributed by atoms with Gasteiger partial charge in [-0.3, -0.25) is 4.79 Å². The van der Waals surface area contributed by atoms with Gasteiger partial charge in [-0.25, -0.2) is 4.39 Å². The monoisotopic (exact) mass is 287 g/mol. The molecule has 0 fully saturated rings. The van der Waals surface area contributed by atoms with Gasteiger partial charge in [-0.1, -0.05) is 12.1 Å². The van der Waals surface area contributed by atoms with Crippen molar-refractivity contribution in [3.8, 4) is 5.75 Å². The van der Waals surface area contributed by atoms with Crippen LogP contribution in [0.4, 0.5) is 4.39 Å². The van der Waals surface area contributed by atoms with Gasteiger partial charge in [0.15, 0.2) is 11.6 Å². The minimum absolute atomic E-state index is 0.179. The minimum Gasteiger partial charge on any atom is -0.494 e. The van der Waals surface area contributed by atoms with Gasteiger partial charge in [0, 0.05) is 16.1 Å². The van der Waals surface area contributed by atoms with Crippen LogP contribution in [0.2, 0.25) is 0 Å². The van der Waals surface area contributed by atoms with E-state index in [0.717, 1.165) is 0 Å². The SMILES string of the molecule is COc1cccc(CSC(C)(C)[C@H](N)C(=O)O)c1F. The van der Waals surface area contributed by atoms with E-state index in [2.05, 4.69) is 0 Å². The topological polar surface area (TPSA) is 72.5 Å². The van der Waals surface area contributed by atoms with Crippen LogP contribution in [0.5, 0.6) is 5.75 Å². The highest BCUT2D eigenvalue weighted by Gasteiger charge is 2.32. The molecule has 0 radical (unpaired) electrons. The molecule has 1 aromatic carbocycles. The van der Waals surface area contributed by atoms with Crippen LogP contribution in [0.15, 0.2) is 18.2 Å². The van der Waals surface area contributed by atoms with Crippen LogP contribution in [-0.4, -0.2) is 29.0 Å². The third-order valence-corrected chi connectivity index (χ3v) is 4.33. The summed E-state index contributed by atoms with van der Waals surface area (Å²) < 4.78 is 18.1. The van der Waals surface area contributed by atoms with Gasteiger partial charge in [-0.05, 0) is 19.9 Å². The summed E-state index contributed by atoms with van der Waals surface area (Å²) in [6.45, 7) is 3.46. The molecule has 19 heavy (non-hydrogen) atoms. The molecule has 6 heteroatoms. The Bertz CT molecular complexity index is 465. The largest absolute Gasteiger partial charge is 0.494 e. The average Bonchev–Trinajstić information content (AvgIpc) is 2.36. The van der Waals surface area contributed by atoms with Crippen LogP contribution in [0, 0.1) is 5.82 Å². The van der Waals surface area contributed by atoms with Gasteiger partial charge in [0.1, 0.15) is 6.04 Å². The maximum Gasteiger partial charge on any atom is 0.321 e. The molecule has 1 atom stereocenters. The molecule has 0 bridgehead atoms. The molecule has 4 nitrogen and oxygen atoms in total. The first-order valence-electron chi connectivity index (χ1n) is 5.73. The quantitative estimate of drug-likeness (QED) is 0.839. The molecule has 0 aliphatic carbocycles. The first-order valence-corrected chi connectivity index (χ1v) is 6.72. The van der Waals surface area contributed by atoms with Crippen molar-refractivity contribution in [1.82, 2.24) is 0 Å². The lowest BCUT2D eigenvalue weighted by Gasteiger charge is -2.28. The zero-order chi connectivity index (χ0) is 14.6. The maximum atomic E-state index is 13.9. The van der Waals surface area contributed by atoms with Crippen molar-refractivity contribution in [3.63, 3.8) is 0 Å². The Morgan fingerprint density at radius 2 is 2.21 bits per heavy atom. The molecule has 0 aromatic heterocycles. The van der Waals surface area contributed by atoms with Gasteiger partial charge >= 0.3 is 5.97 Å². The summed E-state index contributed by atoms with van der Waals surface area (Å²) in [5.41, 5.74) is 6.08. The Labute approximate surface area is 116 Å². The number of hydrogen-bond acceptors (Lipinski definition) is 4. The number of thioether (sulfide) groups is 1. The summed E-state index contributed by atoms with van der Waals surface area (Å²) >= 11 is 1.30. The Hall–Kier alpha value is -1.27. The number of carbonyl (C=O) groups is 1. The Kier molecular flexibility index (Phi) is 5.20. The van der Waals surface area contributed by atoms with Crippen molar-refractivity contribution < 1.29 is 19.0 Å². The van der Waals surface area contributed by atoms with Gasteiger partial charge in [0.2, 0.25) is 0 Å². The van der Waals surface area contributed by atoms with E-state index in [0.29, 0.717) is 11.3 Å². The molecule has 0 saturated heterocycles. The molecule has 1 rings (SSSR count). The van der Waals surface area contributed by atoms with E-state index in [1.54, 1.807) is 26.0 Å². The molecular formula is C13H18FNO3S. The molecule has 0 amide bonds. The molecular weight excluding hydrogens is 269 g/mol. The van der Waals surface area contributed by atoms with Crippen LogP contribution >= 0.6 is 11.8 Å². The summed E-state index contributed by atoms with van der Waals surface area (Å²) in [5.74, 6) is -0.976. The summed E-state index contributed by atoms with van der Waals surface area (Å²) in [7, 11) is 1.40. The molecule has 3 N–H and O–H groups in total. The van der Waals surface area contributed by atoms with Gasteiger partial charge in [0.05, 0.1) is 7.11 Å². The van der Waals surface area contributed by atoms with E-state index in [9.17, 15) is 9.18 Å². The van der Waals surface area contributed by atoms with Crippen LogP contribution in [0.1, 0.15) is 19.4 Å². The second-order valence-electron chi connectivity index (χ2n) is 4.64. The molecule has 1 aromatic rings. The van der Waals surface area contributed by atoms with Crippen LogP contribution < -0.4 is 10.5 Å². The molecule has 0 spiro atoms. The van der Waals surface area contributed by atoms with Crippen LogP contribution in [0.25, 0.3) is 0 Å². The number of halogens is 1. The molecule has 0 aliphatic rings. The van der Waals surface area contributed by atoms with Crippen molar-refractivity contribution in [2.75, 3.05) is 7.11 Å². The number of nitrogens with two attached hydrogens (primary N) is 1. The molecule has 0 saturated carbocycles. The van der Waals surface area contributed by atoms with Crippen molar-refractivity contribution in [3.05, 3.63) is 29.6 Å². The number of carboxylic acids is 1. The fraction of sp³-hybridized carbons (Fsp3) is 0.462. The molecule has 0 aliphatic heterocycles. The van der Waals surface area contributed by atoms with E-state index in [1.807, 2.05) is 0 Å². The lowest BCUT2D eigenvalue weighted by molar-refractivity contribution is -0.139. The van der Waals surface area contributed by atoms with Crippen LogP contribution in [0.3, 0.4) is 0 Å². The Morgan fingerprint density at radius 3 is 2.74 bits per heavy atom. The third-order valence-electron chi connectivity index (χ3n) is 2.88. The number of benzene rings is 1. The molecule has 0 heterocycles. The van der Waals surface area contributed by atoms with Gasteiger partial charge in [-0.2, -0.15) is 0 Å². The minimum atomic E-state index is -1.07. The van der Waals surface area contributed by atoms with Crippen molar-refractivity contribution in [2.24, 2.45) is 5.73 Å². The predicted octanol–water partition coefficient (Wildman–Crippen LogP) is 2.26. The first kappa shape index (κ1) is 15.8. The number of aliphatic carboxylic acids is 1. The van der Waals surface area contributed by atoms with Crippen LogP contribution in [-0.2, 0) is 10.5 Å². The summed E-state index contributed by atoms with van der Waals surface area (Å²) in [6.07, 6.45) is 0. The second kappa shape index (κ2) is 6.25. The number of carboxylic acid groups (broad SMARTS) is 1. The zero-order valence-electron chi connectivity index (χ0n) is 11.1. The molecule has 106 valence electrons. The van der Waals surface area contributed by atoms with E-state index >= 15 is 0 Å². The zero-order valence-corrected chi connectivity index (χ0v) is 12.0. The van der Waals surface area contributed by atoms with E-state index in [4.69, 9.17) is 15.6 Å². The van der Waals surface area contributed by atoms with Crippen molar-refractivity contribution in [1.29, 1.82) is 0 Å². The smallest absolute Gasteiger partial charge is 0.321 e. The lowest BCUT2D eigenvalue weighted by atomic mass is 10.1. The first-order chi connectivity index (χ1) is 8.79. The predicted molar refractivity (Wildman–Crippen MR) is 73.9 cm³/mol. The fourth-order valence-electron chi connectivity index (χ4n) is 1.48. The molecule has 0 unspecified atom stereocenters. The highest BCUT2D eigenvalue weighted by molar-refractivity contribution is 7.99. The van der Waals surface area contributed by atoms with E-state index in [-0.39, 0.29) is 5.75 Å². The lowest BCUT2D eigenvalue weighted by Crippen LogP contribution is -2.46. The highest BCUT2D eigenvalue weighted by Crippen LogP contribution is 2.32. The number of hydrogen-bond donors (Lipinski definition) is 2. The number of rotatable bonds is 6. The van der Waals surface area contributed by atoms with E-state index < -0.39 is 22.6 Å². The Morgan fingerprint density at radius 1 is 1.58 bits per heavy atom. The highest BCUT2D eigenvalue weighted by atomic mass is 32.2. The summed E-state index contributed by atoms with van der Waals surface area (Å²) in [6, 6.07) is 3.87. The normalized spacial score (nSPS) is 13.1. The summed E-state index contributed by atoms with van der Waals surface area (Å²) in [4.78, 5) is 10.9. The van der Waals surface area contributed by atoms with E-state index in [1.165, 1.54) is 24.9 Å². The van der Waals surface area contributed by atoms with Gasteiger partial charge < -0.3 is 15.6 Å². The van der Waals surface area contributed by atoms with Gasteiger partial charge in [0.25, 0.3) is 0 Å². The van der Waals surface area contributed by atoms with Crippen molar-refractivity contribution >= 4 is 17.7 Å². The average molecular weight is 287 g/mol. The summed E-state index contributed by atoms with van der Waals surface area (Å²) in [5, 5.41) is 8.92. The number of ether oxygens (including phenoxy) is 1. The van der Waals surface area contributed by atoms with Gasteiger partial charge in [-0.15, -0.1) is 11.8 Å².